The first-order chi connectivity index (χ1) is 12.3. The zero-order valence-corrected chi connectivity index (χ0v) is 14.9. The van der Waals surface area contributed by atoms with E-state index in [4.69, 9.17) is 9.31 Å². The van der Waals surface area contributed by atoms with E-state index in [-0.39, 0.29) is 17.0 Å². The van der Waals surface area contributed by atoms with E-state index in [2.05, 4.69) is 10.1 Å². The van der Waals surface area contributed by atoms with Gasteiger partial charge in [-0.25, -0.2) is 9.67 Å². The number of alkyl halides is 3. The predicted octanol–water partition coefficient (Wildman–Crippen LogP) is 2.49. The quantitative estimate of drug-likeness (QED) is 0.459. The molecule has 144 valence electrons. The zero-order chi connectivity index (χ0) is 20.2. The lowest BCUT2D eigenvalue weighted by Crippen LogP contribution is -2.41. The maximum Gasteiger partial charge on any atom is 0.498 e. The van der Waals surface area contributed by atoms with E-state index < -0.39 is 35.1 Å². The summed E-state index contributed by atoms with van der Waals surface area (Å²) < 4.78 is 52.8. The van der Waals surface area contributed by atoms with E-state index in [1.54, 1.807) is 27.7 Å². The third-order valence-corrected chi connectivity index (χ3v) is 4.70. The Kier molecular flexibility index (Phi) is 4.31. The standard InChI is InChI=1S/C15H16BF3N4O4/c1-13(2)14(3,4)27-16(26-13)10-8-22(21-12(10)15(17,18)19)11-6-5-9(7-20-11)23(24)25/h5-8H,1-4H3. The predicted molar refractivity (Wildman–Crippen MR) is 88.7 cm³/mol. The van der Waals surface area contributed by atoms with Crippen LogP contribution >= 0.6 is 0 Å². The van der Waals surface area contributed by atoms with Gasteiger partial charge in [-0.1, -0.05) is 0 Å². The Balaban J connectivity index is 2.04. The maximum absolute atomic E-state index is 13.5. The lowest BCUT2D eigenvalue weighted by molar-refractivity contribution is -0.385. The van der Waals surface area contributed by atoms with Gasteiger partial charge in [0.15, 0.2) is 11.5 Å². The second kappa shape index (κ2) is 6.03. The van der Waals surface area contributed by atoms with Gasteiger partial charge in [0.2, 0.25) is 0 Å². The lowest BCUT2D eigenvalue weighted by atomic mass is 9.79. The van der Waals surface area contributed by atoms with Crippen molar-refractivity contribution in [1.82, 2.24) is 14.8 Å². The normalized spacial score (nSPS) is 18.7. The fourth-order valence-electron chi connectivity index (χ4n) is 2.49. The number of nitrogens with zero attached hydrogens (tertiary/aromatic N) is 4. The highest BCUT2D eigenvalue weighted by Gasteiger charge is 2.54. The Morgan fingerprint density at radius 1 is 1.19 bits per heavy atom. The van der Waals surface area contributed by atoms with Gasteiger partial charge in [0.25, 0.3) is 5.69 Å². The third-order valence-electron chi connectivity index (χ3n) is 4.70. The van der Waals surface area contributed by atoms with Crippen molar-refractivity contribution < 1.29 is 27.4 Å². The molecule has 0 unspecified atom stereocenters. The molecule has 1 fully saturated rings. The van der Waals surface area contributed by atoms with Gasteiger partial charge in [-0.15, -0.1) is 0 Å². The molecule has 1 aliphatic rings. The molecule has 0 bridgehead atoms. The summed E-state index contributed by atoms with van der Waals surface area (Å²) in [6.45, 7) is 6.90. The van der Waals surface area contributed by atoms with Crippen LogP contribution in [0.5, 0.6) is 0 Å². The van der Waals surface area contributed by atoms with Gasteiger partial charge in [-0.05, 0) is 33.8 Å². The van der Waals surface area contributed by atoms with E-state index in [1.165, 1.54) is 6.07 Å². The molecule has 0 radical (unpaired) electrons. The minimum atomic E-state index is -4.75. The first-order valence-corrected chi connectivity index (χ1v) is 7.95. The molecule has 0 aliphatic carbocycles. The Labute approximate surface area is 152 Å². The van der Waals surface area contributed by atoms with E-state index in [0.29, 0.717) is 0 Å². The number of nitro groups is 1. The van der Waals surface area contributed by atoms with Crippen LogP contribution in [-0.4, -0.2) is 38.0 Å². The molecule has 3 rings (SSSR count). The third kappa shape index (κ3) is 3.41. The summed E-state index contributed by atoms with van der Waals surface area (Å²) in [5.74, 6) is -0.00568. The largest absolute Gasteiger partial charge is 0.498 e. The average Bonchev–Trinajstić information content (AvgIpc) is 3.07. The van der Waals surface area contributed by atoms with Crippen LogP contribution in [0.15, 0.2) is 24.5 Å². The van der Waals surface area contributed by atoms with Crippen LogP contribution in [0.3, 0.4) is 0 Å². The van der Waals surface area contributed by atoms with Crippen molar-refractivity contribution in [1.29, 1.82) is 0 Å². The van der Waals surface area contributed by atoms with Gasteiger partial charge >= 0.3 is 13.3 Å². The number of halogens is 3. The van der Waals surface area contributed by atoms with Gasteiger partial charge in [-0.3, -0.25) is 10.1 Å². The molecule has 0 N–H and O–H groups in total. The van der Waals surface area contributed by atoms with Gasteiger partial charge in [0, 0.05) is 17.7 Å². The summed E-state index contributed by atoms with van der Waals surface area (Å²) >= 11 is 0. The highest BCUT2D eigenvalue weighted by Crippen LogP contribution is 2.38. The smallest absolute Gasteiger partial charge is 0.399 e. The first kappa shape index (κ1) is 19.3. The summed E-state index contributed by atoms with van der Waals surface area (Å²) in [6.07, 6.45) is -2.69. The molecule has 1 saturated heterocycles. The van der Waals surface area contributed by atoms with Crippen molar-refractivity contribution in [3.8, 4) is 5.82 Å². The second-order valence-corrected chi connectivity index (χ2v) is 7.10. The lowest BCUT2D eigenvalue weighted by Gasteiger charge is -2.32. The zero-order valence-electron chi connectivity index (χ0n) is 14.9. The van der Waals surface area contributed by atoms with E-state index in [0.717, 1.165) is 23.1 Å². The SMILES string of the molecule is CC1(C)OB(c2cn(-c3ccc([N+](=O)[O-])cn3)nc2C(F)(F)F)OC1(C)C. The molecule has 0 atom stereocenters. The Morgan fingerprint density at radius 3 is 2.22 bits per heavy atom. The molecule has 0 spiro atoms. The fourth-order valence-corrected chi connectivity index (χ4v) is 2.49. The molecular formula is C15H16BF3N4O4. The van der Waals surface area contributed by atoms with E-state index >= 15 is 0 Å². The topological polar surface area (TPSA) is 92.3 Å². The van der Waals surface area contributed by atoms with Crippen molar-refractivity contribution in [2.24, 2.45) is 0 Å². The number of hydrogen-bond acceptors (Lipinski definition) is 6. The monoisotopic (exact) mass is 384 g/mol. The van der Waals surface area contributed by atoms with E-state index in [9.17, 15) is 23.3 Å². The van der Waals surface area contributed by atoms with Crippen molar-refractivity contribution in [3.63, 3.8) is 0 Å². The van der Waals surface area contributed by atoms with Crippen LogP contribution in [0, 0.1) is 10.1 Å². The molecular weight excluding hydrogens is 368 g/mol. The molecule has 27 heavy (non-hydrogen) atoms. The second-order valence-electron chi connectivity index (χ2n) is 7.10. The van der Waals surface area contributed by atoms with Gasteiger partial charge < -0.3 is 9.31 Å². The average molecular weight is 384 g/mol. The highest BCUT2D eigenvalue weighted by molar-refractivity contribution is 6.62. The number of rotatable bonds is 3. The molecule has 3 heterocycles. The summed E-state index contributed by atoms with van der Waals surface area (Å²) in [5.41, 5.74) is -3.39. The molecule has 0 aromatic carbocycles. The summed E-state index contributed by atoms with van der Waals surface area (Å²) in [6, 6.07) is 2.34. The van der Waals surface area contributed by atoms with Crippen LogP contribution in [0.25, 0.3) is 5.82 Å². The Morgan fingerprint density at radius 2 is 1.78 bits per heavy atom. The van der Waals surface area contributed by atoms with Crippen molar-refractivity contribution in [3.05, 3.63) is 40.3 Å². The van der Waals surface area contributed by atoms with Crippen molar-refractivity contribution >= 4 is 18.3 Å². The molecule has 2 aromatic heterocycles. The number of pyridine rings is 1. The number of aromatic nitrogens is 3. The molecule has 12 heteroatoms. The van der Waals surface area contributed by atoms with Crippen LogP contribution in [0.2, 0.25) is 0 Å². The van der Waals surface area contributed by atoms with Crippen LogP contribution in [0.1, 0.15) is 33.4 Å². The van der Waals surface area contributed by atoms with E-state index in [1.807, 2.05) is 0 Å². The Hall–Kier alpha value is -2.47. The summed E-state index contributed by atoms with van der Waals surface area (Å²) in [7, 11) is -1.27. The maximum atomic E-state index is 13.5. The minimum absolute atomic E-state index is 0.00568. The fraction of sp³-hybridized carbons (Fsp3) is 0.467. The van der Waals surface area contributed by atoms with Gasteiger partial charge in [0.05, 0.1) is 16.1 Å². The molecule has 8 nitrogen and oxygen atoms in total. The number of hydrogen-bond donors (Lipinski definition) is 0. The van der Waals surface area contributed by atoms with Crippen LogP contribution < -0.4 is 5.46 Å². The molecule has 2 aromatic rings. The summed E-state index contributed by atoms with van der Waals surface area (Å²) in [5, 5.41) is 14.3. The van der Waals surface area contributed by atoms with Gasteiger partial charge in [-0.2, -0.15) is 18.3 Å². The van der Waals surface area contributed by atoms with Crippen LogP contribution in [-0.2, 0) is 15.5 Å². The minimum Gasteiger partial charge on any atom is -0.399 e. The molecule has 0 amide bonds. The Bertz CT molecular complexity index is 864. The first-order valence-electron chi connectivity index (χ1n) is 7.95. The van der Waals surface area contributed by atoms with Gasteiger partial charge in [0.1, 0.15) is 6.20 Å². The van der Waals surface area contributed by atoms with Crippen molar-refractivity contribution in [2.45, 2.75) is 45.1 Å². The van der Waals surface area contributed by atoms with Crippen molar-refractivity contribution in [2.75, 3.05) is 0 Å². The highest BCUT2D eigenvalue weighted by atomic mass is 19.4. The molecule has 0 saturated carbocycles. The molecule has 1 aliphatic heterocycles. The van der Waals surface area contributed by atoms with Crippen LogP contribution in [0.4, 0.5) is 18.9 Å². The summed E-state index contributed by atoms with van der Waals surface area (Å²) in [4.78, 5) is 13.8.